The number of aliphatic hydroxyl groups is 2. The van der Waals surface area contributed by atoms with Gasteiger partial charge >= 0.3 is 0 Å². The molecule has 2 aromatic carbocycles. The van der Waals surface area contributed by atoms with Crippen LogP contribution in [-0.2, 0) is 13.7 Å². The highest BCUT2D eigenvalue weighted by atomic mass is 16.5. The van der Waals surface area contributed by atoms with Crippen LogP contribution in [0.15, 0.2) is 48.5 Å². The van der Waals surface area contributed by atoms with Crippen LogP contribution < -0.4 is 4.74 Å². The number of aryl methyl sites for hydroxylation is 1. The summed E-state index contributed by atoms with van der Waals surface area (Å²) in [6, 6.07) is 15.9. The highest BCUT2D eigenvalue weighted by Gasteiger charge is 2.10. The van der Waals surface area contributed by atoms with Crippen LogP contribution in [0.4, 0.5) is 0 Å². The van der Waals surface area contributed by atoms with Gasteiger partial charge in [-0.1, -0.05) is 30.3 Å². The second-order valence-electron chi connectivity index (χ2n) is 6.12. The van der Waals surface area contributed by atoms with Crippen LogP contribution in [0.2, 0.25) is 0 Å². The van der Waals surface area contributed by atoms with Gasteiger partial charge in [0.1, 0.15) is 11.9 Å². The van der Waals surface area contributed by atoms with Crippen LogP contribution in [0.25, 0.3) is 23.1 Å². The largest absolute Gasteiger partial charge is 0.488 e. The first kappa shape index (κ1) is 17.3. The Morgan fingerprint density at radius 3 is 2.60 bits per heavy atom. The Hall–Kier alpha value is -2.56. The van der Waals surface area contributed by atoms with Crippen molar-refractivity contribution in [3.8, 4) is 5.75 Å². The minimum atomic E-state index is -0.307. The summed E-state index contributed by atoms with van der Waals surface area (Å²) < 4.78 is 7.92. The molecule has 1 unspecified atom stereocenters. The van der Waals surface area contributed by atoms with Gasteiger partial charge in [0.05, 0.1) is 13.2 Å². The Kier molecular flexibility index (Phi) is 5.22. The molecule has 0 aliphatic heterocycles. The van der Waals surface area contributed by atoms with Crippen LogP contribution in [-0.4, -0.2) is 27.5 Å². The van der Waals surface area contributed by atoms with Crippen molar-refractivity contribution in [3.05, 3.63) is 65.4 Å². The van der Waals surface area contributed by atoms with Crippen molar-refractivity contribution in [1.82, 2.24) is 4.57 Å². The van der Waals surface area contributed by atoms with Gasteiger partial charge in [0.25, 0.3) is 0 Å². The molecular weight excluding hydrogens is 314 g/mol. The molecular formula is C21H23NO3. The monoisotopic (exact) mass is 337 g/mol. The molecule has 1 atom stereocenters. The predicted molar refractivity (Wildman–Crippen MR) is 101 cm³/mol. The van der Waals surface area contributed by atoms with Crippen LogP contribution in [0, 0.1) is 0 Å². The van der Waals surface area contributed by atoms with E-state index in [0.29, 0.717) is 5.75 Å². The molecule has 3 rings (SSSR count). The van der Waals surface area contributed by atoms with Crippen LogP contribution >= 0.6 is 0 Å². The Morgan fingerprint density at radius 1 is 1.08 bits per heavy atom. The minimum absolute atomic E-state index is 0.0598. The van der Waals surface area contributed by atoms with Crippen LogP contribution in [0.5, 0.6) is 5.75 Å². The maximum atomic E-state index is 9.66. The maximum absolute atomic E-state index is 9.66. The van der Waals surface area contributed by atoms with Gasteiger partial charge in [-0.15, -0.1) is 0 Å². The fourth-order valence-corrected chi connectivity index (χ4v) is 2.91. The number of nitrogens with zero attached hydrogens (tertiary/aromatic N) is 1. The Morgan fingerprint density at radius 2 is 1.88 bits per heavy atom. The number of hydrogen-bond acceptors (Lipinski definition) is 3. The topological polar surface area (TPSA) is 54.6 Å². The molecule has 0 aliphatic rings. The summed E-state index contributed by atoms with van der Waals surface area (Å²) >= 11 is 0. The van der Waals surface area contributed by atoms with E-state index >= 15 is 0 Å². The van der Waals surface area contributed by atoms with Crippen molar-refractivity contribution in [1.29, 1.82) is 0 Å². The molecule has 1 heterocycles. The first-order valence-corrected chi connectivity index (χ1v) is 8.37. The van der Waals surface area contributed by atoms with Gasteiger partial charge in [-0.25, -0.2) is 0 Å². The number of para-hydroxylation sites is 1. The zero-order valence-corrected chi connectivity index (χ0v) is 14.5. The lowest BCUT2D eigenvalue weighted by Crippen LogP contribution is -2.17. The average Bonchev–Trinajstić information content (AvgIpc) is 2.96. The third kappa shape index (κ3) is 3.60. The molecule has 0 saturated heterocycles. The summed E-state index contributed by atoms with van der Waals surface area (Å²) in [5.41, 5.74) is 3.85. The number of aromatic nitrogens is 1. The van der Waals surface area contributed by atoms with E-state index < -0.39 is 0 Å². The van der Waals surface area contributed by atoms with E-state index in [1.54, 1.807) is 0 Å². The van der Waals surface area contributed by atoms with Gasteiger partial charge in [0.15, 0.2) is 0 Å². The van der Waals surface area contributed by atoms with Crippen LogP contribution in [0.1, 0.15) is 23.7 Å². The first-order chi connectivity index (χ1) is 12.1. The van der Waals surface area contributed by atoms with Gasteiger partial charge in [0, 0.05) is 29.2 Å². The Bertz CT molecular complexity index is 895. The van der Waals surface area contributed by atoms with Crippen molar-refractivity contribution in [2.24, 2.45) is 7.05 Å². The minimum Gasteiger partial charge on any atom is -0.488 e. The predicted octanol–water partition coefficient (Wildman–Crippen LogP) is 3.60. The third-order valence-corrected chi connectivity index (χ3v) is 4.32. The number of rotatable bonds is 6. The van der Waals surface area contributed by atoms with E-state index in [0.717, 1.165) is 16.8 Å². The van der Waals surface area contributed by atoms with Crippen molar-refractivity contribution < 1.29 is 14.9 Å². The van der Waals surface area contributed by atoms with E-state index in [1.807, 2.05) is 56.5 Å². The van der Waals surface area contributed by atoms with E-state index in [-0.39, 0.29) is 19.3 Å². The number of aliphatic hydroxyl groups excluding tert-OH is 2. The molecule has 1 aromatic heterocycles. The maximum Gasteiger partial charge on any atom is 0.127 e. The molecule has 0 spiro atoms. The van der Waals surface area contributed by atoms with E-state index in [1.165, 1.54) is 10.9 Å². The van der Waals surface area contributed by atoms with Crippen molar-refractivity contribution in [2.45, 2.75) is 19.6 Å². The second-order valence-corrected chi connectivity index (χ2v) is 6.12. The second kappa shape index (κ2) is 7.55. The summed E-state index contributed by atoms with van der Waals surface area (Å²) in [6.45, 7) is 1.68. The summed E-state index contributed by atoms with van der Waals surface area (Å²) in [5.74, 6) is 0.656. The van der Waals surface area contributed by atoms with Crippen LogP contribution in [0.3, 0.4) is 0 Å². The molecule has 0 radical (unpaired) electrons. The van der Waals surface area contributed by atoms with Crippen molar-refractivity contribution in [2.75, 3.05) is 6.61 Å². The molecule has 0 saturated carbocycles. The molecule has 3 aromatic rings. The van der Waals surface area contributed by atoms with E-state index in [4.69, 9.17) is 4.74 Å². The number of ether oxygens (including phenoxy) is 1. The van der Waals surface area contributed by atoms with Gasteiger partial charge < -0.3 is 19.5 Å². The molecule has 0 amide bonds. The quantitative estimate of drug-likeness (QED) is 0.722. The lowest BCUT2D eigenvalue weighted by molar-refractivity contribution is 0.129. The van der Waals surface area contributed by atoms with E-state index in [9.17, 15) is 10.2 Å². The third-order valence-electron chi connectivity index (χ3n) is 4.32. The number of fused-ring (bicyclic) bond motifs is 1. The smallest absolute Gasteiger partial charge is 0.127 e. The van der Waals surface area contributed by atoms with Crippen molar-refractivity contribution >= 4 is 23.1 Å². The Labute approximate surface area is 147 Å². The molecule has 4 nitrogen and oxygen atoms in total. The molecule has 0 bridgehead atoms. The number of benzene rings is 2. The highest BCUT2D eigenvalue weighted by Crippen LogP contribution is 2.27. The zero-order chi connectivity index (χ0) is 17.8. The summed E-state index contributed by atoms with van der Waals surface area (Å²) in [6.07, 6.45) is 3.67. The van der Waals surface area contributed by atoms with Gasteiger partial charge in [0.2, 0.25) is 0 Å². The lowest BCUT2D eigenvalue weighted by atomic mass is 10.1. The molecule has 2 N–H and O–H groups in total. The fraction of sp³-hybridized carbons (Fsp3) is 0.238. The van der Waals surface area contributed by atoms with Gasteiger partial charge in [-0.2, -0.15) is 0 Å². The molecule has 0 aliphatic carbocycles. The van der Waals surface area contributed by atoms with Crippen molar-refractivity contribution in [3.63, 3.8) is 0 Å². The SMILES string of the molecule is CC(CO)Oc1cccc(CO)c1/C=C/c1cc2ccccc2n1C. The standard InChI is InChI=1S/C21H23NO3/c1-15(13-23)25-21-9-5-7-17(14-24)19(21)11-10-18-12-16-6-3-4-8-20(16)22(18)2/h3-12,15,23-24H,13-14H2,1-2H3/b11-10+. The molecule has 25 heavy (non-hydrogen) atoms. The normalized spacial score (nSPS) is 12.8. The summed E-state index contributed by atoms with van der Waals surface area (Å²) in [4.78, 5) is 0. The fourth-order valence-electron chi connectivity index (χ4n) is 2.91. The summed E-state index contributed by atoms with van der Waals surface area (Å²) in [5, 5.41) is 20.1. The molecule has 0 fully saturated rings. The summed E-state index contributed by atoms with van der Waals surface area (Å²) in [7, 11) is 2.03. The van der Waals surface area contributed by atoms with Gasteiger partial charge in [-0.3, -0.25) is 0 Å². The Balaban J connectivity index is 2.00. The zero-order valence-electron chi connectivity index (χ0n) is 14.5. The lowest BCUT2D eigenvalue weighted by Gasteiger charge is -2.16. The average molecular weight is 337 g/mol. The first-order valence-electron chi connectivity index (χ1n) is 8.37. The molecule has 130 valence electrons. The van der Waals surface area contributed by atoms with E-state index in [2.05, 4.69) is 22.8 Å². The van der Waals surface area contributed by atoms with Gasteiger partial charge in [-0.05, 0) is 42.8 Å². The highest BCUT2D eigenvalue weighted by molar-refractivity contribution is 5.85. The molecule has 4 heteroatoms. The number of hydrogen-bond donors (Lipinski definition) is 2.